The van der Waals surface area contributed by atoms with Gasteiger partial charge >= 0.3 is 11.9 Å². The highest BCUT2D eigenvalue weighted by atomic mass is 16.6. The second kappa shape index (κ2) is 13.8. The highest BCUT2D eigenvalue weighted by Gasteiger charge is 2.83. The van der Waals surface area contributed by atoms with E-state index in [0.717, 1.165) is 19.3 Å². The minimum atomic E-state index is -2.27. The van der Waals surface area contributed by atoms with Gasteiger partial charge in [-0.15, -0.1) is 0 Å². The van der Waals surface area contributed by atoms with Gasteiger partial charge in [-0.1, -0.05) is 112 Å². The van der Waals surface area contributed by atoms with Crippen molar-refractivity contribution in [2.45, 2.75) is 149 Å². The Bertz CT molecular complexity index is 1220. The van der Waals surface area contributed by atoms with E-state index in [1.165, 1.54) is 38.5 Å². The first-order valence-corrected chi connectivity index (χ1v) is 18.0. The van der Waals surface area contributed by atoms with Crippen molar-refractivity contribution >= 4 is 17.7 Å². The molecule has 2 bridgehead atoms. The number of aliphatic hydroxyl groups is 3. The van der Waals surface area contributed by atoms with Crippen LogP contribution >= 0.6 is 0 Å². The third-order valence-corrected chi connectivity index (χ3v) is 12.4. The van der Waals surface area contributed by atoms with Crippen molar-refractivity contribution in [2.24, 2.45) is 40.4 Å². The largest absolute Gasteiger partial charge is 0.461 e. The number of hydrogen-bond donors (Lipinski definition) is 3. The number of fused-ring (bicyclic) bond motifs is 3. The monoisotopic (exact) mass is 644 g/mol. The number of carbonyl (C=O) groups is 3. The summed E-state index contributed by atoms with van der Waals surface area (Å²) in [6.45, 7) is 15.0. The molecule has 0 heterocycles. The Kier molecular flexibility index (Phi) is 11.1. The van der Waals surface area contributed by atoms with Gasteiger partial charge in [0.1, 0.15) is 30.0 Å². The van der Waals surface area contributed by atoms with E-state index in [1.807, 2.05) is 34.6 Å². The molecule has 2 saturated carbocycles. The second-order valence-corrected chi connectivity index (χ2v) is 15.9. The van der Waals surface area contributed by atoms with Crippen LogP contribution in [0, 0.1) is 40.4 Å². The van der Waals surface area contributed by atoms with Crippen molar-refractivity contribution in [3.05, 3.63) is 23.3 Å². The average molecular weight is 645 g/mol. The molecule has 0 aliphatic heterocycles. The zero-order valence-corrected chi connectivity index (χ0v) is 29.6. The molecule has 4 rings (SSSR count). The first kappa shape index (κ1) is 36.8. The average Bonchev–Trinajstić information content (AvgIpc) is 3.41. The summed E-state index contributed by atoms with van der Waals surface area (Å²) >= 11 is 0. The normalized spacial score (nSPS) is 36.5. The van der Waals surface area contributed by atoms with Crippen LogP contribution in [0.5, 0.6) is 0 Å². The molecule has 0 aromatic rings. The summed E-state index contributed by atoms with van der Waals surface area (Å²) in [5.41, 5.74) is -4.80. The SMILES string of the molecule is CCCCCCCCCCCC(=O)O[C@@]12C[C@@H](C)[C@]34C=C(C)[C@H](O)[C@@]3(O)[C@H](O)C(COC(=O)C(C)C(C)C)=C[C@@H](C4=O)[C@@H]1C2(C)C. The fourth-order valence-corrected chi connectivity index (χ4v) is 9.11. The Labute approximate surface area is 276 Å². The van der Waals surface area contributed by atoms with E-state index in [0.29, 0.717) is 18.4 Å². The van der Waals surface area contributed by atoms with Gasteiger partial charge in [0.25, 0.3) is 0 Å². The van der Waals surface area contributed by atoms with Crippen LogP contribution in [0.1, 0.15) is 126 Å². The molecule has 1 unspecified atom stereocenters. The van der Waals surface area contributed by atoms with Gasteiger partial charge in [-0.3, -0.25) is 14.4 Å². The van der Waals surface area contributed by atoms with Crippen molar-refractivity contribution < 1.29 is 39.2 Å². The Morgan fingerprint density at radius 1 is 0.978 bits per heavy atom. The third-order valence-electron chi connectivity index (χ3n) is 12.4. The number of Topliss-reactive ketones (excluding diaryl/α,β-unsaturated/α-hetero) is 1. The first-order valence-electron chi connectivity index (χ1n) is 18.0. The van der Waals surface area contributed by atoms with E-state index in [-0.39, 0.29) is 35.8 Å². The highest BCUT2D eigenvalue weighted by molar-refractivity contribution is 5.96. The van der Waals surface area contributed by atoms with Crippen LogP contribution < -0.4 is 0 Å². The molecule has 9 atom stereocenters. The number of ether oxygens (including phenoxy) is 2. The second-order valence-electron chi connectivity index (χ2n) is 15.9. The molecular weight excluding hydrogens is 584 g/mol. The van der Waals surface area contributed by atoms with Crippen molar-refractivity contribution in [3.8, 4) is 0 Å². The van der Waals surface area contributed by atoms with Gasteiger partial charge in [0.05, 0.1) is 11.3 Å². The van der Waals surface area contributed by atoms with E-state index in [2.05, 4.69) is 6.92 Å². The number of hydrogen-bond acceptors (Lipinski definition) is 8. The minimum Gasteiger partial charge on any atom is -0.461 e. The van der Waals surface area contributed by atoms with Crippen molar-refractivity contribution in [2.75, 3.05) is 6.61 Å². The number of ketones is 1. The van der Waals surface area contributed by atoms with Crippen LogP contribution in [0.2, 0.25) is 0 Å². The zero-order valence-electron chi connectivity index (χ0n) is 29.6. The quantitative estimate of drug-likeness (QED) is 0.108. The lowest BCUT2D eigenvalue weighted by Crippen LogP contribution is -2.65. The molecule has 8 heteroatoms. The molecule has 4 aliphatic carbocycles. The lowest BCUT2D eigenvalue weighted by molar-refractivity contribution is -0.192. The van der Waals surface area contributed by atoms with Gasteiger partial charge in [-0.2, -0.15) is 0 Å². The molecule has 4 aliphatic rings. The topological polar surface area (TPSA) is 130 Å². The molecule has 1 spiro atoms. The lowest BCUT2D eigenvalue weighted by Gasteiger charge is -2.48. The molecule has 0 radical (unpaired) electrons. The standard InChI is InChI=1S/C38H60O8/c1-9-10-11-12-13-14-15-16-17-18-29(39)46-37-21-25(5)36-20-24(4)31(40)38(36,44)32(41)27(22-45-34(43)26(6)23(2)3)19-28(33(36)42)30(37)35(37,7)8/h19-20,23,25-26,28,30-32,40-41,44H,9-18,21-22H2,1-8H3/t25-,26?,28-,30-,31+,32-,36+,37+,38-/m1/s1. The van der Waals surface area contributed by atoms with E-state index < -0.39 is 58.0 Å². The van der Waals surface area contributed by atoms with E-state index in [1.54, 1.807) is 26.0 Å². The predicted octanol–water partition coefficient (Wildman–Crippen LogP) is 6.24. The van der Waals surface area contributed by atoms with E-state index >= 15 is 0 Å². The van der Waals surface area contributed by atoms with Gasteiger partial charge in [-0.25, -0.2) is 0 Å². The molecule has 0 aromatic carbocycles. The number of rotatable bonds is 15. The number of esters is 2. The molecule has 0 aromatic heterocycles. The minimum absolute atomic E-state index is 0.0414. The molecule has 0 saturated heterocycles. The molecule has 8 nitrogen and oxygen atoms in total. The Morgan fingerprint density at radius 2 is 1.57 bits per heavy atom. The first-order chi connectivity index (χ1) is 21.5. The summed E-state index contributed by atoms with van der Waals surface area (Å²) in [5, 5.41) is 35.6. The predicted molar refractivity (Wildman–Crippen MR) is 176 cm³/mol. The summed E-state index contributed by atoms with van der Waals surface area (Å²) in [7, 11) is 0. The maximum absolute atomic E-state index is 14.8. The Morgan fingerprint density at radius 3 is 2.15 bits per heavy atom. The van der Waals surface area contributed by atoms with Crippen LogP contribution in [0.25, 0.3) is 0 Å². The van der Waals surface area contributed by atoms with Gasteiger partial charge < -0.3 is 24.8 Å². The molecule has 3 N–H and O–H groups in total. The van der Waals surface area contributed by atoms with Crippen molar-refractivity contribution in [1.29, 1.82) is 0 Å². The maximum Gasteiger partial charge on any atom is 0.309 e. The number of carbonyl (C=O) groups excluding carboxylic acids is 3. The number of unbranched alkanes of at least 4 members (excludes halogenated alkanes) is 8. The zero-order chi connectivity index (χ0) is 34.2. The lowest BCUT2D eigenvalue weighted by atomic mass is 9.59. The summed E-state index contributed by atoms with van der Waals surface area (Å²) in [4.78, 5) is 41.0. The number of allylic oxidation sites excluding steroid dienone is 1. The fraction of sp³-hybridized carbons (Fsp3) is 0.816. The van der Waals surface area contributed by atoms with Crippen LogP contribution in [0.4, 0.5) is 0 Å². The summed E-state index contributed by atoms with van der Waals surface area (Å²) in [6.07, 6.45) is 11.0. The summed E-state index contributed by atoms with van der Waals surface area (Å²) in [6, 6.07) is 0. The van der Waals surface area contributed by atoms with Crippen LogP contribution in [0.3, 0.4) is 0 Å². The third kappa shape index (κ3) is 5.93. The highest BCUT2D eigenvalue weighted by Crippen LogP contribution is 2.75. The summed E-state index contributed by atoms with van der Waals surface area (Å²) in [5.74, 6) is -3.17. The van der Waals surface area contributed by atoms with Gasteiger partial charge in [-0.05, 0) is 42.7 Å². The van der Waals surface area contributed by atoms with Crippen molar-refractivity contribution in [3.63, 3.8) is 0 Å². The van der Waals surface area contributed by atoms with E-state index in [4.69, 9.17) is 9.47 Å². The van der Waals surface area contributed by atoms with Crippen molar-refractivity contribution in [1.82, 2.24) is 0 Å². The molecular formula is C38H60O8. The Balaban J connectivity index is 1.59. The van der Waals surface area contributed by atoms with Crippen LogP contribution in [-0.4, -0.2) is 63.1 Å². The van der Waals surface area contributed by atoms with Crippen LogP contribution in [-0.2, 0) is 23.9 Å². The Hall–Kier alpha value is -2.03. The van der Waals surface area contributed by atoms with E-state index in [9.17, 15) is 29.7 Å². The van der Waals surface area contributed by atoms with Gasteiger partial charge in [0, 0.05) is 23.7 Å². The molecule has 0 amide bonds. The maximum atomic E-state index is 14.8. The summed E-state index contributed by atoms with van der Waals surface area (Å²) < 4.78 is 12.0. The molecule has 46 heavy (non-hydrogen) atoms. The van der Waals surface area contributed by atoms with Crippen LogP contribution in [0.15, 0.2) is 23.3 Å². The fourth-order valence-electron chi connectivity index (χ4n) is 9.11. The molecule has 260 valence electrons. The molecule has 2 fully saturated rings. The smallest absolute Gasteiger partial charge is 0.309 e. The number of aliphatic hydroxyl groups excluding tert-OH is 2. The van der Waals surface area contributed by atoms with Gasteiger partial charge in [0.15, 0.2) is 5.78 Å². The van der Waals surface area contributed by atoms with Gasteiger partial charge in [0.2, 0.25) is 0 Å².